The Hall–Kier alpha value is -1.03. The highest BCUT2D eigenvalue weighted by Crippen LogP contribution is 2.24. The molecule has 0 aliphatic heterocycles. The van der Waals surface area contributed by atoms with Gasteiger partial charge < -0.3 is 10.4 Å². The van der Waals surface area contributed by atoms with Crippen molar-refractivity contribution in [1.29, 1.82) is 0 Å². The second-order valence-electron chi connectivity index (χ2n) is 4.78. The lowest BCUT2D eigenvalue weighted by Gasteiger charge is -2.21. The van der Waals surface area contributed by atoms with Gasteiger partial charge in [-0.15, -0.1) is 0 Å². The van der Waals surface area contributed by atoms with E-state index in [9.17, 15) is 9.90 Å². The third-order valence-electron chi connectivity index (χ3n) is 3.36. The zero-order chi connectivity index (χ0) is 13.0. The number of benzene rings is 1. The van der Waals surface area contributed by atoms with E-state index in [0.717, 1.165) is 19.3 Å². The van der Waals surface area contributed by atoms with Crippen LogP contribution in [0.2, 0.25) is 0 Å². The number of alkyl halides is 1. The molecular formula is C14H18BrNO2. The molecule has 2 unspecified atom stereocenters. The molecule has 1 amide bonds. The van der Waals surface area contributed by atoms with Gasteiger partial charge in [-0.05, 0) is 31.0 Å². The third kappa shape index (κ3) is 3.48. The second-order valence-corrected chi connectivity index (χ2v) is 5.96. The van der Waals surface area contributed by atoms with Crippen LogP contribution < -0.4 is 5.32 Å². The Kier molecular flexibility index (Phi) is 4.64. The molecule has 1 saturated carbocycles. The molecule has 98 valence electrons. The van der Waals surface area contributed by atoms with E-state index in [1.54, 1.807) is 18.2 Å². The van der Waals surface area contributed by atoms with E-state index in [1.165, 1.54) is 18.9 Å². The lowest BCUT2D eigenvalue weighted by molar-refractivity contribution is 0.0934. The van der Waals surface area contributed by atoms with E-state index in [4.69, 9.17) is 0 Å². The summed E-state index contributed by atoms with van der Waals surface area (Å²) in [6, 6.07) is 6.64. The molecule has 18 heavy (non-hydrogen) atoms. The summed E-state index contributed by atoms with van der Waals surface area (Å²) in [5, 5.41) is 12.4. The van der Waals surface area contributed by atoms with Crippen LogP contribution in [0.25, 0.3) is 0 Å². The number of carbonyl (C=O) groups is 1. The van der Waals surface area contributed by atoms with Crippen LogP contribution >= 0.6 is 15.9 Å². The zero-order valence-electron chi connectivity index (χ0n) is 10.2. The number of phenolic OH excluding ortho intramolecular Hbond substituents is 1. The molecule has 4 heteroatoms. The molecule has 2 N–H and O–H groups in total. The maximum atomic E-state index is 12.1. The fourth-order valence-electron chi connectivity index (χ4n) is 2.32. The van der Waals surface area contributed by atoms with Crippen molar-refractivity contribution in [2.75, 3.05) is 0 Å². The van der Waals surface area contributed by atoms with Crippen LogP contribution in [0, 0.1) is 0 Å². The highest BCUT2D eigenvalue weighted by molar-refractivity contribution is 9.09. The van der Waals surface area contributed by atoms with Gasteiger partial charge in [0.15, 0.2) is 0 Å². The summed E-state index contributed by atoms with van der Waals surface area (Å²) in [5.41, 5.74) is 0.513. The molecular weight excluding hydrogens is 294 g/mol. The van der Waals surface area contributed by atoms with Crippen LogP contribution in [-0.2, 0) is 0 Å². The van der Waals surface area contributed by atoms with Crippen molar-refractivity contribution in [3.63, 3.8) is 0 Å². The van der Waals surface area contributed by atoms with E-state index in [1.807, 2.05) is 0 Å². The van der Waals surface area contributed by atoms with Gasteiger partial charge >= 0.3 is 0 Å². The van der Waals surface area contributed by atoms with E-state index < -0.39 is 0 Å². The van der Waals surface area contributed by atoms with E-state index in [-0.39, 0.29) is 17.7 Å². The van der Waals surface area contributed by atoms with Crippen molar-refractivity contribution in [2.45, 2.75) is 43.0 Å². The maximum absolute atomic E-state index is 12.1. The summed E-state index contributed by atoms with van der Waals surface area (Å²) < 4.78 is 0. The molecule has 0 aromatic heterocycles. The summed E-state index contributed by atoms with van der Waals surface area (Å²) in [4.78, 5) is 12.4. The topological polar surface area (TPSA) is 49.3 Å². The fraction of sp³-hybridized carbons (Fsp3) is 0.500. The number of aromatic hydroxyl groups is 1. The van der Waals surface area contributed by atoms with Gasteiger partial charge in [0.1, 0.15) is 5.75 Å². The molecule has 3 nitrogen and oxygen atoms in total. The smallest absolute Gasteiger partial charge is 0.251 e. The Labute approximate surface area is 116 Å². The zero-order valence-corrected chi connectivity index (χ0v) is 11.8. The van der Waals surface area contributed by atoms with Crippen LogP contribution in [0.5, 0.6) is 5.75 Å². The molecule has 2 atom stereocenters. The minimum Gasteiger partial charge on any atom is -0.508 e. The molecule has 0 heterocycles. The lowest BCUT2D eigenvalue weighted by Crippen LogP contribution is -2.40. The molecule has 2 rings (SSSR count). The van der Waals surface area contributed by atoms with Gasteiger partial charge in [0, 0.05) is 16.4 Å². The first-order valence-electron chi connectivity index (χ1n) is 6.41. The number of rotatable bonds is 2. The number of nitrogens with one attached hydrogen (secondary N) is 1. The Morgan fingerprint density at radius 1 is 1.28 bits per heavy atom. The summed E-state index contributed by atoms with van der Waals surface area (Å²) in [6.07, 6.45) is 5.73. The van der Waals surface area contributed by atoms with Gasteiger partial charge in [0.2, 0.25) is 0 Å². The van der Waals surface area contributed by atoms with Crippen LogP contribution in [-0.4, -0.2) is 21.9 Å². The molecule has 0 saturated heterocycles. The number of amides is 1. The third-order valence-corrected chi connectivity index (χ3v) is 4.45. The molecule has 1 aromatic rings. The largest absolute Gasteiger partial charge is 0.508 e. The molecule has 1 aromatic carbocycles. The van der Waals surface area contributed by atoms with Crippen LogP contribution in [0.15, 0.2) is 24.3 Å². The Balaban J connectivity index is 2.01. The number of carbonyl (C=O) groups excluding carboxylic acids is 1. The van der Waals surface area contributed by atoms with Crippen LogP contribution in [0.3, 0.4) is 0 Å². The highest BCUT2D eigenvalue weighted by Gasteiger charge is 2.23. The number of phenols is 1. The summed E-state index contributed by atoms with van der Waals surface area (Å²) in [7, 11) is 0. The standard InChI is InChI=1S/C14H18BrNO2/c15-12-7-2-1-3-8-13(12)16-14(18)10-5-4-6-11(17)9-10/h4-6,9,12-13,17H,1-3,7-8H2,(H,16,18). The predicted molar refractivity (Wildman–Crippen MR) is 75.2 cm³/mol. The number of hydrogen-bond acceptors (Lipinski definition) is 2. The Morgan fingerprint density at radius 2 is 2.06 bits per heavy atom. The van der Waals surface area contributed by atoms with Crippen LogP contribution in [0.1, 0.15) is 42.5 Å². The fourth-order valence-corrected chi connectivity index (χ4v) is 3.04. The van der Waals surface area contributed by atoms with Crippen LogP contribution in [0.4, 0.5) is 0 Å². The van der Waals surface area contributed by atoms with Crippen molar-refractivity contribution in [3.05, 3.63) is 29.8 Å². The first kappa shape index (κ1) is 13.4. The van der Waals surface area contributed by atoms with Gasteiger partial charge in [0.05, 0.1) is 0 Å². The molecule has 1 aliphatic carbocycles. The minimum atomic E-state index is -0.109. The first-order chi connectivity index (χ1) is 8.66. The average molecular weight is 312 g/mol. The monoisotopic (exact) mass is 311 g/mol. The van der Waals surface area contributed by atoms with Gasteiger partial charge in [-0.3, -0.25) is 4.79 Å². The summed E-state index contributed by atoms with van der Waals surface area (Å²) in [6.45, 7) is 0. The average Bonchev–Trinajstić information content (AvgIpc) is 2.55. The number of halogens is 1. The molecule has 1 aliphatic rings. The molecule has 1 fully saturated rings. The molecule has 0 spiro atoms. The lowest BCUT2D eigenvalue weighted by atomic mass is 10.1. The predicted octanol–water partition coefficient (Wildman–Crippen LogP) is 3.22. The minimum absolute atomic E-state index is 0.109. The second kappa shape index (κ2) is 6.23. The number of hydrogen-bond donors (Lipinski definition) is 2. The normalized spacial score (nSPS) is 24.3. The first-order valence-corrected chi connectivity index (χ1v) is 7.32. The van der Waals surface area contributed by atoms with Crippen molar-refractivity contribution in [2.24, 2.45) is 0 Å². The van der Waals surface area contributed by atoms with E-state index in [2.05, 4.69) is 21.2 Å². The Bertz CT molecular complexity index is 422. The molecule has 0 radical (unpaired) electrons. The maximum Gasteiger partial charge on any atom is 0.251 e. The van der Waals surface area contributed by atoms with Crippen molar-refractivity contribution < 1.29 is 9.90 Å². The highest BCUT2D eigenvalue weighted by atomic mass is 79.9. The summed E-state index contributed by atoms with van der Waals surface area (Å²) in [5.74, 6) is 0.0150. The Morgan fingerprint density at radius 3 is 2.83 bits per heavy atom. The SMILES string of the molecule is O=C(NC1CCCCCC1Br)c1cccc(O)c1. The van der Waals surface area contributed by atoms with Gasteiger partial charge in [0.25, 0.3) is 5.91 Å². The molecule has 0 bridgehead atoms. The van der Waals surface area contributed by atoms with Gasteiger partial charge in [-0.2, -0.15) is 0 Å². The van der Waals surface area contributed by atoms with Crippen molar-refractivity contribution in [1.82, 2.24) is 5.32 Å². The van der Waals surface area contributed by atoms with E-state index >= 15 is 0 Å². The summed E-state index contributed by atoms with van der Waals surface area (Å²) >= 11 is 3.66. The van der Waals surface area contributed by atoms with Gasteiger partial charge in [-0.25, -0.2) is 0 Å². The van der Waals surface area contributed by atoms with Crippen molar-refractivity contribution in [3.8, 4) is 5.75 Å². The van der Waals surface area contributed by atoms with Gasteiger partial charge in [-0.1, -0.05) is 41.3 Å². The van der Waals surface area contributed by atoms with Crippen molar-refractivity contribution >= 4 is 21.8 Å². The quantitative estimate of drug-likeness (QED) is 0.651. The van der Waals surface area contributed by atoms with E-state index in [0.29, 0.717) is 10.4 Å².